The number of rotatable bonds is 24. The number of anilines is 2. The first-order valence-electron chi connectivity index (χ1n) is 25.6. The van der Waals surface area contributed by atoms with Crippen molar-refractivity contribution in [2.75, 3.05) is 79.6 Å². The van der Waals surface area contributed by atoms with Crippen LogP contribution in [0.3, 0.4) is 0 Å². The number of carbonyl (C=O) groups excluding carboxylic acids is 1. The van der Waals surface area contributed by atoms with Gasteiger partial charge in [0.05, 0.1) is 54.1 Å². The van der Waals surface area contributed by atoms with Crippen molar-refractivity contribution in [2.45, 2.75) is 45.1 Å². The second kappa shape index (κ2) is 26.3. The predicted molar refractivity (Wildman–Crippen MR) is 318 cm³/mol. The van der Waals surface area contributed by atoms with Crippen molar-refractivity contribution in [1.29, 1.82) is 0 Å². The Balaban J connectivity index is 1.49. The number of esters is 1. The molecule has 14 heteroatoms. The molecule has 2 N–H and O–H groups in total. The smallest absolute Gasteiger partial charge is 0.341 e. The molecule has 0 aliphatic carbocycles. The van der Waals surface area contributed by atoms with Crippen molar-refractivity contribution in [3.63, 3.8) is 0 Å². The number of ether oxygens (including phenoxy) is 7. The molecule has 7 aromatic rings. The van der Waals surface area contributed by atoms with Gasteiger partial charge in [-0.2, -0.15) is 0 Å². The second-order valence-corrected chi connectivity index (χ2v) is 20.6. The van der Waals surface area contributed by atoms with Gasteiger partial charge in [0.2, 0.25) is 0 Å². The van der Waals surface area contributed by atoms with Crippen molar-refractivity contribution in [3.8, 4) is 23.0 Å². The summed E-state index contributed by atoms with van der Waals surface area (Å²) in [4.78, 5) is 15.0. The lowest BCUT2D eigenvalue weighted by atomic mass is 9.82. The SMILES string of the molecule is COCCCNc1cc(Cc2ccc(C)cc2)ccc1C(=CC1(C=C(c2ccc(OC)c(OC)c2)c2ccc(Cc3ccc(C)cc3)cc2NCCCOC)OC(=O)c2c(Cl)c(Cl)c(Cl)c(Cl)c21)c1ccc(OC)c(OC)c1. The maximum atomic E-state index is 15.0. The normalized spacial score (nSPS) is 14.2. The third kappa shape index (κ3) is 12.9. The zero-order valence-electron chi connectivity index (χ0n) is 45.1. The van der Waals surface area contributed by atoms with E-state index in [2.05, 4.69) is 109 Å². The maximum Gasteiger partial charge on any atom is 0.341 e. The molecular formula is C64H64Cl4N2O8. The molecule has 0 fully saturated rings. The first-order valence-corrected chi connectivity index (χ1v) is 27.1. The molecule has 406 valence electrons. The van der Waals surface area contributed by atoms with Crippen LogP contribution in [0.1, 0.15) is 84.4 Å². The molecule has 0 saturated heterocycles. The monoisotopic (exact) mass is 1130 g/mol. The minimum atomic E-state index is -1.88. The van der Waals surface area contributed by atoms with Crippen LogP contribution in [-0.2, 0) is 32.7 Å². The molecule has 0 amide bonds. The fourth-order valence-corrected chi connectivity index (χ4v) is 10.8. The fourth-order valence-electron chi connectivity index (χ4n) is 9.69. The average Bonchev–Trinajstić information content (AvgIpc) is 4.02. The fraction of sp³-hybridized carbons (Fsp3) is 0.266. The number of cyclic esters (lactones) is 1. The highest BCUT2D eigenvalue weighted by Crippen LogP contribution is 2.54. The van der Waals surface area contributed by atoms with Crippen LogP contribution in [0.25, 0.3) is 11.1 Å². The molecule has 0 radical (unpaired) electrons. The van der Waals surface area contributed by atoms with Gasteiger partial charge in [-0.1, -0.05) is 142 Å². The number of hydrogen-bond acceptors (Lipinski definition) is 10. The summed E-state index contributed by atoms with van der Waals surface area (Å²) in [6, 6.07) is 41.1. The minimum absolute atomic E-state index is 0.0181. The van der Waals surface area contributed by atoms with Gasteiger partial charge in [-0.25, -0.2) is 4.79 Å². The zero-order chi connectivity index (χ0) is 55.5. The van der Waals surface area contributed by atoms with Gasteiger partial charge in [-0.15, -0.1) is 0 Å². The summed E-state index contributed by atoms with van der Waals surface area (Å²) in [5.74, 6) is 1.21. The Morgan fingerprint density at radius 2 is 0.910 bits per heavy atom. The molecule has 10 nitrogen and oxygen atoms in total. The third-order valence-electron chi connectivity index (χ3n) is 13.7. The van der Waals surface area contributed by atoms with E-state index < -0.39 is 11.6 Å². The minimum Gasteiger partial charge on any atom is -0.493 e. The number of nitrogens with one attached hydrogen (secondary N) is 2. The molecule has 78 heavy (non-hydrogen) atoms. The number of carbonyl (C=O) groups is 1. The molecule has 0 atom stereocenters. The number of hydrogen-bond donors (Lipinski definition) is 2. The van der Waals surface area contributed by atoms with Crippen LogP contribution in [0.15, 0.2) is 133 Å². The Morgan fingerprint density at radius 1 is 0.500 bits per heavy atom. The number of benzene rings is 7. The van der Waals surface area contributed by atoms with Gasteiger partial charge in [-0.05, 0) is 133 Å². The van der Waals surface area contributed by atoms with Gasteiger partial charge in [0.25, 0.3) is 0 Å². The molecule has 0 unspecified atom stereocenters. The van der Waals surface area contributed by atoms with E-state index in [1.54, 1.807) is 42.7 Å². The van der Waals surface area contributed by atoms with Gasteiger partial charge in [0.1, 0.15) is 0 Å². The van der Waals surface area contributed by atoms with Crippen LogP contribution in [-0.4, -0.2) is 74.9 Å². The summed E-state index contributed by atoms with van der Waals surface area (Å²) in [5.41, 5.74) is 10.9. The lowest BCUT2D eigenvalue weighted by Crippen LogP contribution is -2.23. The maximum absolute atomic E-state index is 15.0. The van der Waals surface area contributed by atoms with E-state index in [4.69, 9.17) is 79.6 Å². The van der Waals surface area contributed by atoms with Crippen LogP contribution >= 0.6 is 46.4 Å². The zero-order valence-corrected chi connectivity index (χ0v) is 48.2. The largest absolute Gasteiger partial charge is 0.493 e. The lowest BCUT2D eigenvalue weighted by molar-refractivity contribution is 0.0300. The molecule has 1 aliphatic rings. The summed E-state index contributed by atoms with van der Waals surface area (Å²) in [5, 5.41) is 7.22. The number of halogens is 4. The van der Waals surface area contributed by atoms with Crippen LogP contribution in [0.4, 0.5) is 11.4 Å². The van der Waals surface area contributed by atoms with Crippen LogP contribution in [0.2, 0.25) is 20.1 Å². The second-order valence-electron chi connectivity index (χ2n) is 19.1. The highest BCUT2D eigenvalue weighted by atomic mass is 35.5. The number of methoxy groups -OCH3 is 6. The first-order chi connectivity index (χ1) is 37.7. The van der Waals surface area contributed by atoms with Crippen molar-refractivity contribution in [3.05, 3.63) is 220 Å². The molecule has 8 rings (SSSR count). The van der Waals surface area contributed by atoms with E-state index in [9.17, 15) is 4.79 Å². The Labute approximate surface area is 478 Å². The molecule has 1 heterocycles. The van der Waals surface area contributed by atoms with E-state index >= 15 is 0 Å². The molecule has 0 spiro atoms. The van der Waals surface area contributed by atoms with E-state index in [-0.39, 0.29) is 31.2 Å². The topological polar surface area (TPSA) is 106 Å². The van der Waals surface area contributed by atoms with Gasteiger partial charge >= 0.3 is 5.97 Å². The summed E-state index contributed by atoms with van der Waals surface area (Å²) >= 11 is 28.5. The Hall–Kier alpha value is -6.63. The van der Waals surface area contributed by atoms with Crippen LogP contribution in [0, 0.1) is 13.8 Å². The average molecular weight is 1130 g/mol. The van der Waals surface area contributed by atoms with Crippen molar-refractivity contribution in [2.24, 2.45) is 0 Å². The van der Waals surface area contributed by atoms with E-state index in [1.165, 1.54) is 11.1 Å². The summed E-state index contributed by atoms with van der Waals surface area (Å²) < 4.78 is 41.3. The summed E-state index contributed by atoms with van der Waals surface area (Å²) in [6.07, 6.45) is 6.59. The van der Waals surface area contributed by atoms with Crippen LogP contribution in [0.5, 0.6) is 23.0 Å². The Morgan fingerprint density at radius 3 is 1.32 bits per heavy atom. The standard InChI is InChI=1S/C64H64Cl4N2O8/c1-39-11-15-41(16-12-39)31-43-19-23-47(51(33-43)69-27-9-29-72-3)49(45-21-25-53(74-5)55(35-45)76-7)37-64(58-57(63(71)78-64)59(65)61(67)62(68)60(58)66)38-50(46-22-26-54(75-6)56(36-46)77-8)48-24-20-44(32-42-17-13-40(2)14-18-42)34-52(48)70-28-10-30-73-4/h11-26,33-38,69-70H,9-10,27-32H2,1-8H3. The number of fused-ring (bicyclic) bond motifs is 1. The van der Waals surface area contributed by atoms with E-state index in [0.717, 1.165) is 57.6 Å². The van der Waals surface area contributed by atoms with Crippen molar-refractivity contribution < 1.29 is 38.0 Å². The molecule has 1 aliphatic heterocycles. The molecule has 0 bridgehead atoms. The van der Waals surface area contributed by atoms with Gasteiger partial charge < -0.3 is 43.8 Å². The van der Waals surface area contributed by atoms with Gasteiger partial charge in [0.15, 0.2) is 28.6 Å². The highest BCUT2D eigenvalue weighted by Gasteiger charge is 2.48. The van der Waals surface area contributed by atoms with Gasteiger partial charge in [-0.3, -0.25) is 0 Å². The summed E-state index contributed by atoms with van der Waals surface area (Å²) in [6.45, 7) is 6.40. The summed E-state index contributed by atoms with van der Waals surface area (Å²) in [7, 11) is 9.72. The lowest BCUT2D eigenvalue weighted by Gasteiger charge is -2.29. The third-order valence-corrected chi connectivity index (χ3v) is 15.5. The first kappa shape index (κ1) is 57.5. The Bertz CT molecular complexity index is 3160. The number of aryl methyl sites for hydroxylation is 2. The van der Waals surface area contributed by atoms with Crippen LogP contribution < -0.4 is 29.6 Å². The molecule has 0 aromatic heterocycles. The molecular weight excluding hydrogens is 1070 g/mol. The Kier molecular flexibility index (Phi) is 19.4. The van der Waals surface area contributed by atoms with Gasteiger partial charge in [0, 0.05) is 68.6 Å². The van der Waals surface area contributed by atoms with Crippen molar-refractivity contribution >= 4 is 74.9 Å². The van der Waals surface area contributed by atoms with E-state index in [1.807, 2.05) is 48.6 Å². The highest BCUT2D eigenvalue weighted by molar-refractivity contribution is 6.53. The van der Waals surface area contributed by atoms with Crippen molar-refractivity contribution in [1.82, 2.24) is 0 Å². The van der Waals surface area contributed by atoms with E-state index in [0.29, 0.717) is 84.4 Å². The quantitative estimate of drug-likeness (QED) is 0.0263. The molecule has 7 aromatic carbocycles. The molecule has 0 saturated carbocycles. The predicted octanol–water partition coefficient (Wildman–Crippen LogP) is 15.7.